The van der Waals surface area contributed by atoms with Crippen molar-refractivity contribution < 1.29 is 4.79 Å². The Kier molecular flexibility index (Phi) is 4.91. The Labute approximate surface area is 153 Å². The zero-order chi connectivity index (χ0) is 17.2. The number of carbonyl (C=O) groups excluding carboxylic acids is 1. The Morgan fingerprint density at radius 1 is 1.20 bits per heavy atom. The molecule has 4 rings (SSSR count). The first-order valence-corrected chi connectivity index (χ1v) is 10.3. The van der Waals surface area contributed by atoms with Crippen molar-refractivity contribution in [2.24, 2.45) is 5.73 Å². The minimum atomic E-state index is 0.266. The summed E-state index contributed by atoms with van der Waals surface area (Å²) in [6.07, 6.45) is 6.83. The minimum absolute atomic E-state index is 0.266. The lowest BCUT2D eigenvalue weighted by Gasteiger charge is -2.32. The number of carbonyl (C=O) groups is 1. The van der Waals surface area contributed by atoms with E-state index in [0.29, 0.717) is 12.5 Å². The van der Waals surface area contributed by atoms with Crippen LogP contribution in [0.15, 0.2) is 29.6 Å². The Morgan fingerprint density at radius 2 is 2.00 bits per heavy atom. The van der Waals surface area contributed by atoms with Gasteiger partial charge >= 0.3 is 0 Å². The fourth-order valence-electron chi connectivity index (χ4n) is 4.23. The number of thiophene rings is 1. The lowest BCUT2D eigenvalue weighted by molar-refractivity contribution is 0.0716. The van der Waals surface area contributed by atoms with Crippen LogP contribution in [0.4, 0.5) is 0 Å². The molecule has 1 amide bonds. The van der Waals surface area contributed by atoms with Gasteiger partial charge < -0.3 is 10.6 Å². The zero-order valence-electron chi connectivity index (χ0n) is 14.7. The van der Waals surface area contributed by atoms with Gasteiger partial charge in [-0.2, -0.15) is 0 Å². The summed E-state index contributed by atoms with van der Waals surface area (Å²) in [4.78, 5) is 16.1. The van der Waals surface area contributed by atoms with E-state index in [1.54, 1.807) is 11.3 Å². The third kappa shape index (κ3) is 3.38. The Balaban J connectivity index is 1.43. The SMILES string of the molecule is NCc1cccc(C2CCN(C(=O)c3scc4c3CCCC4)CC2)c1. The monoisotopic (exact) mass is 354 g/mol. The molecule has 1 saturated heterocycles. The maximum absolute atomic E-state index is 13.0. The number of likely N-dealkylation sites (tertiary alicyclic amines) is 1. The highest BCUT2D eigenvalue weighted by molar-refractivity contribution is 7.12. The molecule has 0 atom stereocenters. The summed E-state index contributed by atoms with van der Waals surface area (Å²) < 4.78 is 0. The van der Waals surface area contributed by atoms with E-state index in [1.165, 1.54) is 35.1 Å². The van der Waals surface area contributed by atoms with Crippen LogP contribution in [-0.4, -0.2) is 23.9 Å². The van der Waals surface area contributed by atoms with E-state index in [1.807, 2.05) is 0 Å². The number of aryl methyl sites for hydroxylation is 1. The van der Waals surface area contributed by atoms with E-state index in [0.717, 1.165) is 43.6 Å². The number of piperidine rings is 1. The lowest BCUT2D eigenvalue weighted by atomic mass is 9.88. The molecule has 2 N–H and O–H groups in total. The van der Waals surface area contributed by atoms with Crippen LogP contribution >= 0.6 is 11.3 Å². The number of hydrogen-bond donors (Lipinski definition) is 1. The molecule has 25 heavy (non-hydrogen) atoms. The molecule has 0 spiro atoms. The van der Waals surface area contributed by atoms with E-state index in [9.17, 15) is 4.79 Å². The minimum Gasteiger partial charge on any atom is -0.338 e. The van der Waals surface area contributed by atoms with Gasteiger partial charge in [0.05, 0.1) is 4.88 Å². The molecule has 2 heterocycles. The second kappa shape index (κ2) is 7.30. The fourth-order valence-corrected chi connectivity index (χ4v) is 5.36. The van der Waals surface area contributed by atoms with E-state index in [-0.39, 0.29) is 5.91 Å². The van der Waals surface area contributed by atoms with Crippen LogP contribution in [-0.2, 0) is 19.4 Å². The molecule has 1 aliphatic heterocycles. The van der Waals surface area contributed by atoms with Crippen molar-refractivity contribution in [3.63, 3.8) is 0 Å². The molecule has 0 radical (unpaired) electrons. The molecule has 1 aliphatic carbocycles. The first-order valence-electron chi connectivity index (χ1n) is 9.43. The average molecular weight is 355 g/mol. The average Bonchev–Trinajstić information content (AvgIpc) is 3.12. The zero-order valence-corrected chi connectivity index (χ0v) is 15.5. The number of fused-ring (bicyclic) bond motifs is 1. The van der Waals surface area contributed by atoms with Crippen molar-refractivity contribution >= 4 is 17.2 Å². The molecule has 0 unspecified atom stereocenters. The highest BCUT2D eigenvalue weighted by Crippen LogP contribution is 2.33. The van der Waals surface area contributed by atoms with Gasteiger partial charge in [0.1, 0.15) is 0 Å². The molecule has 2 aromatic rings. The number of nitrogens with zero attached hydrogens (tertiary/aromatic N) is 1. The lowest BCUT2D eigenvalue weighted by Crippen LogP contribution is -2.38. The van der Waals surface area contributed by atoms with Crippen LogP contribution in [0.25, 0.3) is 0 Å². The van der Waals surface area contributed by atoms with Gasteiger partial charge in [0.15, 0.2) is 0 Å². The van der Waals surface area contributed by atoms with Crippen LogP contribution in [0.1, 0.15) is 63.5 Å². The second-order valence-corrected chi connectivity index (χ2v) is 8.17. The largest absolute Gasteiger partial charge is 0.338 e. The molecule has 3 nitrogen and oxygen atoms in total. The van der Waals surface area contributed by atoms with Crippen LogP contribution in [0.2, 0.25) is 0 Å². The summed E-state index contributed by atoms with van der Waals surface area (Å²) in [5.41, 5.74) is 11.1. The van der Waals surface area contributed by atoms with Crippen LogP contribution in [0, 0.1) is 0 Å². The van der Waals surface area contributed by atoms with Crippen molar-refractivity contribution in [3.05, 3.63) is 56.8 Å². The summed E-state index contributed by atoms with van der Waals surface area (Å²) in [6.45, 7) is 2.32. The van der Waals surface area contributed by atoms with Crippen molar-refractivity contribution in [3.8, 4) is 0 Å². The predicted octanol–water partition coefficient (Wildman–Crippen LogP) is 4.11. The number of rotatable bonds is 3. The Bertz CT molecular complexity index is 759. The number of amides is 1. The van der Waals surface area contributed by atoms with Gasteiger partial charge in [0.25, 0.3) is 5.91 Å². The molecule has 1 aromatic heterocycles. The van der Waals surface area contributed by atoms with E-state index >= 15 is 0 Å². The summed E-state index contributed by atoms with van der Waals surface area (Å²) in [7, 11) is 0. The van der Waals surface area contributed by atoms with E-state index in [2.05, 4.69) is 34.5 Å². The number of benzene rings is 1. The van der Waals surface area contributed by atoms with E-state index < -0.39 is 0 Å². The molecule has 4 heteroatoms. The third-order valence-electron chi connectivity index (χ3n) is 5.74. The summed E-state index contributed by atoms with van der Waals surface area (Å²) in [5, 5.41) is 2.22. The van der Waals surface area contributed by atoms with Gasteiger partial charge in [0, 0.05) is 19.6 Å². The summed E-state index contributed by atoms with van der Waals surface area (Å²) >= 11 is 1.66. The van der Waals surface area contributed by atoms with Gasteiger partial charge in [-0.3, -0.25) is 4.79 Å². The quantitative estimate of drug-likeness (QED) is 0.902. The molecule has 1 aromatic carbocycles. The highest BCUT2D eigenvalue weighted by Gasteiger charge is 2.28. The number of hydrogen-bond acceptors (Lipinski definition) is 3. The Hall–Kier alpha value is -1.65. The first-order chi connectivity index (χ1) is 12.3. The molecule has 1 fully saturated rings. The third-order valence-corrected chi connectivity index (χ3v) is 6.80. The van der Waals surface area contributed by atoms with Crippen molar-refractivity contribution in [1.29, 1.82) is 0 Å². The standard InChI is InChI=1S/C21H26N2OS/c22-13-15-4-3-6-17(12-15)16-8-10-23(11-9-16)21(24)20-19-7-2-1-5-18(19)14-25-20/h3-4,6,12,14,16H,1-2,5,7-11,13,22H2. The van der Waals surface area contributed by atoms with Crippen LogP contribution < -0.4 is 5.73 Å². The summed E-state index contributed by atoms with van der Waals surface area (Å²) in [6, 6.07) is 8.63. The normalized spacial score (nSPS) is 18.2. The maximum atomic E-state index is 13.0. The topological polar surface area (TPSA) is 46.3 Å². The van der Waals surface area contributed by atoms with Crippen LogP contribution in [0.5, 0.6) is 0 Å². The van der Waals surface area contributed by atoms with Gasteiger partial charge in [-0.05, 0) is 72.1 Å². The smallest absolute Gasteiger partial charge is 0.264 e. The van der Waals surface area contributed by atoms with Gasteiger partial charge in [0.2, 0.25) is 0 Å². The molecule has 2 aliphatic rings. The summed E-state index contributed by atoms with van der Waals surface area (Å²) in [5.74, 6) is 0.815. The van der Waals surface area contributed by atoms with Crippen molar-refractivity contribution in [2.45, 2.75) is 51.0 Å². The van der Waals surface area contributed by atoms with Gasteiger partial charge in [-0.25, -0.2) is 0 Å². The number of nitrogens with two attached hydrogens (primary N) is 1. The van der Waals surface area contributed by atoms with Gasteiger partial charge in [-0.1, -0.05) is 24.3 Å². The van der Waals surface area contributed by atoms with Crippen LogP contribution in [0.3, 0.4) is 0 Å². The molecule has 0 bridgehead atoms. The predicted molar refractivity (Wildman–Crippen MR) is 103 cm³/mol. The second-order valence-electron chi connectivity index (χ2n) is 7.29. The molecule has 132 valence electrons. The highest BCUT2D eigenvalue weighted by atomic mass is 32.1. The molecular weight excluding hydrogens is 328 g/mol. The van der Waals surface area contributed by atoms with Crippen molar-refractivity contribution in [2.75, 3.05) is 13.1 Å². The fraction of sp³-hybridized carbons (Fsp3) is 0.476. The van der Waals surface area contributed by atoms with E-state index in [4.69, 9.17) is 5.73 Å². The maximum Gasteiger partial charge on any atom is 0.264 e. The molecule has 0 saturated carbocycles. The first kappa shape index (κ1) is 16.8. The molecular formula is C21H26N2OS. The van der Waals surface area contributed by atoms with Gasteiger partial charge in [-0.15, -0.1) is 11.3 Å². The van der Waals surface area contributed by atoms with Crippen molar-refractivity contribution in [1.82, 2.24) is 4.90 Å². The Morgan fingerprint density at radius 3 is 2.80 bits per heavy atom.